The molecule has 29 heavy (non-hydrogen) atoms. The van der Waals surface area contributed by atoms with E-state index in [1.807, 2.05) is 68.4 Å². The molecule has 1 N–H and O–H groups in total. The summed E-state index contributed by atoms with van der Waals surface area (Å²) in [6.07, 6.45) is 0. The Balaban J connectivity index is 1.53. The molecular formula is C24H24ClNO3. The van der Waals surface area contributed by atoms with Crippen molar-refractivity contribution in [1.29, 1.82) is 0 Å². The topological polar surface area (TPSA) is 47.6 Å². The summed E-state index contributed by atoms with van der Waals surface area (Å²) in [5.74, 6) is 1.22. The Bertz CT molecular complexity index is 956. The van der Waals surface area contributed by atoms with Gasteiger partial charge in [-0.1, -0.05) is 53.6 Å². The number of nitrogens with one attached hydrogen (secondary N) is 1. The molecule has 0 bridgehead atoms. The van der Waals surface area contributed by atoms with E-state index in [4.69, 9.17) is 21.1 Å². The number of aryl methyl sites for hydroxylation is 1. The Kier molecular flexibility index (Phi) is 7.14. The molecule has 0 saturated carbocycles. The number of hydrogen-bond acceptors (Lipinski definition) is 3. The third-order valence-electron chi connectivity index (χ3n) is 4.35. The van der Waals surface area contributed by atoms with Gasteiger partial charge in [-0.3, -0.25) is 4.79 Å². The van der Waals surface area contributed by atoms with Crippen molar-refractivity contribution in [3.05, 3.63) is 94.5 Å². The summed E-state index contributed by atoms with van der Waals surface area (Å²) in [6, 6.07) is 22.3. The fraction of sp³-hybridized carbons (Fsp3) is 0.208. The van der Waals surface area contributed by atoms with Gasteiger partial charge in [0.05, 0.1) is 6.04 Å². The maximum atomic E-state index is 12.5. The molecule has 1 unspecified atom stereocenters. The minimum atomic E-state index is -0.173. The molecule has 4 nitrogen and oxygen atoms in total. The van der Waals surface area contributed by atoms with Gasteiger partial charge in [-0.05, 0) is 50.2 Å². The molecule has 0 aliphatic rings. The van der Waals surface area contributed by atoms with Crippen LogP contribution in [0, 0.1) is 6.92 Å². The zero-order valence-corrected chi connectivity index (χ0v) is 17.3. The first-order valence-electron chi connectivity index (χ1n) is 9.48. The molecular weight excluding hydrogens is 386 g/mol. The first-order chi connectivity index (χ1) is 14.0. The Morgan fingerprint density at radius 1 is 0.966 bits per heavy atom. The first kappa shape index (κ1) is 20.7. The fourth-order valence-electron chi connectivity index (χ4n) is 2.71. The molecule has 0 spiro atoms. The van der Waals surface area contributed by atoms with Crippen LogP contribution >= 0.6 is 11.6 Å². The van der Waals surface area contributed by atoms with Gasteiger partial charge in [-0.15, -0.1) is 0 Å². The number of halogens is 1. The van der Waals surface area contributed by atoms with Gasteiger partial charge in [0.25, 0.3) is 5.91 Å². The van der Waals surface area contributed by atoms with E-state index in [0.29, 0.717) is 29.5 Å². The molecule has 3 aromatic carbocycles. The van der Waals surface area contributed by atoms with E-state index in [0.717, 1.165) is 11.3 Å². The van der Waals surface area contributed by atoms with Gasteiger partial charge >= 0.3 is 0 Å². The molecule has 0 fully saturated rings. The number of carbonyl (C=O) groups is 1. The quantitative estimate of drug-likeness (QED) is 0.540. The average molecular weight is 410 g/mol. The molecule has 0 aromatic heterocycles. The van der Waals surface area contributed by atoms with E-state index >= 15 is 0 Å². The van der Waals surface area contributed by atoms with E-state index in [1.165, 1.54) is 5.56 Å². The summed E-state index contributed by atoms with van der Waals surface area (Å²) < 4.78 is 11.5. The lowest BCUT2D eigenvalue weighted by Crippen LogP contribution is -2.36. The van der Waals surface area contributed by atoms with Crippen LogP contribution in [0.5, 0.6) is 11.5 Å². The van der Waals surface area contributed by atoms with Gasteiger partial charge in [0.2, 0.25) is 0 Å². The van der Waals surface area contributed by atoms with E-state index in [9.17, 15) is 4.79 Å². The van der Waals surface area contributed by atoms with Gasteiger partial charge in [0, 0.05) is 16.1 Å². The minimum Gasteiger partial charge on any atom is -0.491 e. The minimum absolute atomic E-state index is 0.142. The van der Waals surface area contributed by atoms with Crippen LogP contribution in [0.25, 0.3) is 0 Å². The second-order valence-corrected chi connectivity index (χ2v) is 7.31. The molecule has 150 valence electrons. The van der Waals surface area contributed by atoms with Crippen molar-refractivity contribution >= 4 is 17.5 Å². The fourth-order valence-corrected chi connectivity index (χ4v) is 2.90. The highest BCUT2D eigenvalue weighted by Gasteiger charge is 2.11. The molecule has 0 aliphatic carbocycles. The van der Waals surface area contributed by atoms with Crippen molar-refractivity contribution in [1.82, 2.24) is 5.32 Å². The van der Waals surface area contributed by atoms with Crippen LogP contribution in [0.4, 0.5) is 0 Å². The SMILES string of the molecule is Cc1ccc(OCC(C)NC(=O)c2cccc(OCc3ccccc3Cl)c2)cc1. The van der Waals surface area contributed by atoms with E-state index in [-0.39, 0.29) is 11.9 Å². The summed E-state index contributed by atoms with van der Waals surface area (Å²) in [4.78, 5) is 12.5. The Morgan fingerprint density at radius 3 is 2.48 bits per heavy atom. The third kappa shape index (κ3) is 6.26. The lowest BCUT2D eigenvalue weighted by atomic mass is 10.2. The molecule has 5 heteroatoms. The van der Waals surface area contributed by atoms with Crippen LogP contribution in [0.2, 0.25) is 5.02 Å². The summed E-state index contributed by atoms with van der Waals surface area (Å²) >= 11 is 6.16. The first-order valence-corrected chi connectivity index (χ1v) is 9.85. The molecule has 3 aromatic rings. The van der Waals surface area contributed by atoms with Crippen LogP contribution in [-0.2, 0) is 6.61 Å². The molecule has 0 heterocycles. The van der Waals surface area contributed by atoms with E-state index in [1.54, 1.807) is 18.2 Å². The van der Waals surface area contributed by atoms with Gasteiger partial charge in [-0.2, -0.15) is 0 Å². The van der Waals surface area contributed by atoms with E-state index in [2.05, 4.69) is 5.32 Å². The number of rotatable bonds is 8. The Hall–Kier alpha value is -2.98. The molecule has 0 aliphatic heterocycles. The zero-order valence-electron chi connectivity index (χ0n) is 16.5. The van der Waals surface area contributed by atoms with Gasteiger partial charge < -0.3 is 14.8 Å². The molecule has 0 saturated heterocycles. The maximum Gasteiger partial charge on any atom is 0.251 e. The number of ether oxygens (including phenoxy) is 2. The van der Waals surface area contributed by atoms with Crippen LogP contribution in [0.3, 0.4) is 0 Å². The smallest absolute Gasteiger partial charge is 0.251 e. The van der Waals surface area contributed by atoms with Crippen molar-refractivity contribution in [3.8, 4) is 11.5 Å². The third-order valence-corrected chi connectivity index (χ3v) is 4.72. The molecule has 1 atom stereocenters. The maximum absolute atomic E-state index is 12.5. The number of benzene rings is 3. The van der Waals surface area contributed by atoms with Crippen molar-refractivity contribution < 1.29 is 14.3 Å². The number of amides is 1. The monoisotopic (exact) mass is 409 g/mol. The summed E-state index contributed by atoms with van der Waals surface area (Å²) in [6.45, 7) is 4.66. The van der Waals surface area contributed by atoms with Crippen LogP contribution < -0.4 is 14.8 Å². The van der Waals surface area contributed by atoms with Crippen LogP contribution in [0.15, 0.2) is 72.8 Å². The van der Waals surface area contributed by atoms with Crippen LogP contribution in [0.1, 0.15) is 28.4 Å². The normalized spacial score (nSPS) is 11.6. The van der Waals surface area contributed by atoms with Gasteiger partial charge in [0.1, 0.15) is 24.7 Å². The zero-order chi connectivity index (χ0) is 20.6. The van der Waals surface area contributed by atoms with E-state index < -0.39 is 0 Å². The number of hydrogen-bond donors (Lipinski definition) is 1. The molecule has 1 amide bonds. The van der Waals surface area contributed by atoms with Crippen molar-refractivity contribution in [3.63, 3.8) is 0 Å². The summed E-state index contributed by atoms with van der Waals surface area (Å²) in [5, 5.41) is 3.60. The van der Waals surface area contributed by atoms with Crippen LogP contribution in [-0.4, -0.2) is 18.6 Å². The molecule has 0 radical (unpaired) electrons. The highest BCUT2D eigenvalue weighted by atomic mass is 35.5. The largest absolute Gasteiger partial charge is 0.491 e. The molecule has 3 rings (SSSR count). The lowest BCUT2D eigenvalue weighted by Gasteiger charge is -2.16. The summed E-state index contributed by atoms with van der Waals surface area (Å²) in [7, 11) is 0. The summed E-state index contributed by atoms with van der Waals surface area (Å²) in [5.41, 5.74) is 2.60. The highest BCUT2D eigenvalue weighted by Crippen LogP contribution is 2.19. The lowest BCUT2D eigenvalue weighted by molar-refractivity contribution is 0.0926. The van der Waals surface area contributed by atoms with Crippen molar-refractivity contribution in [2.75, 3.05) is 6.61 Å². The van der Waals surface area contributed by atoms with Gasteiger partial charge in [-0.25, -0.2) is 0 Å². The Labute approximate surface area is 176 Å². The van der Waals surface area contributed by atoms with Crippen molar-refractivity contribution in [2.24, 2.45) is 0 Å². The second-order valence-electron chi connectivity index (χ2n) is 6.91. The number of carbonyl (C=O) groups excluding carboxylic acids is 1. The van der Waals surface area contributed by atoms with Gasteiger partial charge in [0.15, 0.2) is 0 Å². The Morgan fingerprint density at radius 2 is 1.72 bits per heavy atom. The average Bonchev–Trinajstić information content (AvgIpc) is 2.73. The second kappa shape index (κ2) is 9.99. The predicted octanol–water partition coefficient (Wildman–Crippen LogP) is 5.42. The predicted molar refractivity (Wildman–Crippen MR) is 116 cm³/mol. The van der Waals surface area contributed by atoms with Crippen molar-refractivity contribution in [2.45, 2.75) is 26.5 Å². The standard InChI is InChI=1S/C24H24ClNO3/c1-17-10-12-21(13-11-17)28-15-18(2)26-24(27)19-7-5-8-22(14-19)29-16-20-6-3-4-9-23(20)25/h3-14,18H,15-16H2,1-2H3,(H,26,27). The highest BCUT2D eigenvalue weighted by molar-refractivity contribution is 6.31.